The molecule has 0 saturated carbocycles. The van der Waals surface area contributed by atoms with Gasteiger partial charge in [0.05, 0.1) is 17.7 Å². The van der Waals surface area contributed by atoms with E-state index in [1.54, 1.807) is 19.2 Å². The fraction of sp³-hybridized carbons (Fsp3) is 0.0870. The van der Waals surface area contributed by atoms with Crippen LogP contribution in [0.15, 0.2) is 82.2 Å². The zero-order chi connectivity index (χ0) is 21.3. The molecule has 0 radical (unpaired) electrons. The third-order valence-electron chi connectivity index (χ3n) is 4.83. The fourth-order valence-corrected chi connectivity index (χ4v) is 3.90. The molecular weight excluding hydrogens is 400 g/mol. The van der Waals surface area contributed by atoms with Gasteiger partial charge in [-0.1, -0.05) is 47.6 Å². The van der Waals surface area contributed by atoms with E-state index >= 15 is 0 Å². The van der Waals surface area contributed by atoms with Gasteiger partial charge in [0.1, 0.15) is 5.75 Å². The molecule has 0 aliphatic heterocycles. The molecule has 0 saturated heterocycles. The van der Waals surface area contributed by atoms with Gasteiger partial charge in [0, 0.05) is 17.2 Å². The SMILES string of the molecule is COc1ccc(-c2c(-c3ccc(S(N)(=O)=O)cc3)cccc2-c2cc(C)no2)cc1. The molecule has 0 aliphatic rings. The molecular formula is C23H20N2O4S. The zero-order valence-corrected chi connectivity index (χ0v) is 17.3. The lowest BCUT2D eigenvalue weighted by atomic mass is 9.89. The van der Waals surface area contributed by atoms with Gasteiger partial charge >= 0.3 is 0 Å². The van der Waals surface area contributed by atoms with Gasteiger partial charge in [-0.05, 0) is 47.9 Å². The molecule has 0 fully saturated rings. The van der Waals surface area contributed by atoms with E-state index in [0.717, 1.165) is 39.3 Å². The second kappa shape index (κ2) is 7.78. The summed E-state index contributed by atoms with van der Waals surface area (Å²) < 4.78 is 34.1. The summed E-state index contributed by atoms with van der Waals surface area (Å²) in [6, 6.07) is 22.0. The minimum absolute atomic E-state index is 0.0688. The molecule has 0 bridgehead atoms. The number of sulfonamides is 1. The van der Waals surface area contributed by atoms with Gasteiger partial charge in [-0.25, -0.2) is 13.6 Å². The van der Waals surface area contributed by atoms with Crippen molar-refractivity contribution < 1.29 is 17.7 Å². The largest absolute Gasteiger partial charge is 0.497 e. The van der Waals surface area contributed by atoms with Crippen LogP contribution in [0.3, 0.4) is 0 Å². The van der Waals surface area contributed by atoms with Crippen molar-refractivity contribution in [2.24, 2.45) is 5.14 Å². The zero-order valence-electron chi connectivity index (χ0n) is 16.5. The fourth-order valence-electron chi connectivity index (χ4n) is 3.38. The number of nitrogens with zero attached hydrogens (tertiary/aromatic N) is 1. The molecule has 6 nitrogen and oxygen atoms in total. The van der Waals surface area contributed by atoms with Crippen LogP contribution in [0.2, 0.25) is 0 Å². The number of aryl methyl sites for hydroxylation is 1. The maximum atomic E-state index is 11.6. The normalized spacial score (nSPS) is 11.4. The Bertz CT molecular complexity index is 1290. The smallest absolute Gasteiger partial charge is 0.238 e. The Balaban J connectivity index is 1.94. The number of ether oxygens (including phenoxy) is 1. The van der Waals surface area contributed by atoms with Crippen molar-refractivity contribution in [1.82, 2.24) is 5.16 Å². The van der Waals surface area contributed by atoms with Crippen molar-refractivity contribution in [3.05, 3.63) is 78.5 Å². The molecule has 4 aromatic rings. The highest BCUT2D eigenvalue weighted by atomic mass is 32.2. The van der Waals surface area contributed by atoms with Gasteiger partial charge in [0.25, 0.3) is 0 Å². The Morgan fingerprint density at radius 2 is 1.53 bits per heavy atom. The molecule has 1 aromatic heterocycles. The van der Waals surface area contributed by atoms with Crippen LogP contribution in [-0.4, -0.2) is 20.7 Å². The molecule has 0 aliphatic carbocycles. The predicted molar refractivity (Wildman–Crippen MR) is 115 cm³/mol. The summed E-state index contributed by atoms with van der Waals surface area (Å²) in [6.07, 6.45) is 0. The number of methoxy groups -OCH3 is 1. The summed E-state index contributed by atoms with van der Waals surface area (Å²) in [6.45, 7) is 1.87. The third-order valence-corrected chi connectivity index (χ3v) is 5.76. The summed E-state index contributed by atoms with van der Waals surface area (Å²) in [5.41, 5.74) is 5.35. The van der Waals surface area contributed by atoms with Crippen molar-refractivity contribution >= 4 is 10.0 Å². The second-order valence-corrected chi connectivity index (χ2v) is 8.42. The predicted octanol–water partition coefficient (Wildman–Crippen LogP) is 4.64. The highest BCUT2D eigenvalue weighted by Gasteiger charge is 2.17. The first kappa shape index (κ1) is 19.9. The number of benzene rings is 3. The van der Waals surface area contributed by atoms with E-state index in [1.165, 1.54) is 12.1 Å². The minimum atomic E-state index is -3.76. The van der Waals surface area contributed by atoms with Gasteiger partial charge in [0.2, 0.25) is 10.0 Å². The summed E-state index contributed by atoms with van der Waals surface area (Å²) in [5, 5.41) is 9.26. The van der Waals surface area contributed by atoms with Gasteiger partial charge in [-0.3, -0.25) is 0 Å². The molecule has 3 aromatic carbocycles. The van der Waals surface area contributed by atoms with Crippen LogP contribution in [-0.2, 0) is 10.0 Å². The maximum absolute atomic E-state index is 11.6. The van der Waals surface area contributed by atoms with Crippen molar-refractivity contribution in [2.75, 3.05) is 7.11 Å². The second-order valence-electron chi connectivity index (χ2n) is 6.86. The monoisotopic (exact) mass is 420 g/mol. The number of nitrogens with two attached hydrogens (primary N) is 1. The van der Waals surface area contributed by atoms with Gasteiger partial charge in [-0.2, -0.15) is 0 Å². The molecule has 0 spiro atoms. The van der Waals surface area contributed by atoms with E-state index in [4.69, 9.17) is 14.4 Å². The van der Waals surface area contributed by atoms with Crippen LogP contribution in [0, 0.1) is 6.92 Å². The standard InChI is InChI=1S/C23H20N2O4S/c1-15-14-22(29-25-15)21-5-3-4-20(16-8-12-19(13-9-16)30(24,26)27)23(21)17-6-10-18(28-2)11-7-17/h3-14H,1-2H3,(H2,24,26,27). The molecule has 0 amide bonds. The third kappa shape index (κ3) is 3.85. The number of hydrogen-bond acceptors (Lipinski definition) is 5. The minimum Gasteiger partial charge on any atom is -0.497 e. The van der Waals surface area contributed by atoms with Crippen LogP contribution >= 0.6 is 0 Å². The van der Waals surface area contributed by atoms with Gasteiger partial charge < -0.3 is 9.26 Å². The lowest BCUT2D eigenvalue weighted by Crippen LogP contribution is -2.11. The van der Waals surface area contributed by atoms with E-state index in [9.17, 15) is 8.42 Å². The molecule has 0 atom stereocenters. The van der Waals surface area contributed by atoms with Crippen molar-refractivity contribution in [1.29, 1.82) is 0 Å². The van der Waals surface area contributed by atoms with E-state index in [-0.39, 0.29) is 4.90 Å². The number of hydrogen-bond donors (Lipinski definition) is 1. The molecule has 152 valence electrons. The van der Waals surface area contributed by atoms with E-state index in [0.29, 0.717) is 5.76 Å². The number of aromatic nitrogens is 1. The highest BCUT2D eigenvalue weighted by molar-refractivity contribution is 7.89. The van der Waals surface area contributed by atoms with Crippen LogP contribution in [0.1, 0.15) is 5.69 Å². The van der Waals surface area contributed by atoms with Crippen LogP contribution in [0.4, 0.5) is 0 Å². The summed E-state index contributed by atoms with van der Waals surface area (Å²) in [5.74, 6) is 1.41. The first-order chi connectivity index (χ1) is 14.4. The van der Waals surface area contributed by atoms with E-state index in [2.05, 4.69) is 5.16 Å². The summed E-state index contributed by atoms with van der Waals surface area (Å²) >= 11 is 0. The number of rotatable bonds is 5. The average Bonchev–Trinajstić information content (AvgIpc) is 3.19. The summed E-state index contributed by atoms with van der Waals surface area (Å²) in [7, 11) is -2.13. The Kier molecular flexibility index (Phi) is 5.15. The molecule has 7 heteroatoms. The maximum Gasteiger partial charge on any atom is 0.238 e. The highest BCUT2D eigenvalue weighted by Crippen LogP contribution is 2.40. The summed E-state index contributed by atoms with van der Waals surface area (Å²) in [4.78, 5) is 0.0688. The quantitative estimate of drug-likeness (QED) is 0.507. The molecule has 30 heavy (non-hydrogen) atoms. The van der Waals surface area contributed by atoms with Crippen LogP contribution in [0.5, 0.6) is 5.75 Å². The van der Waals surface area contributed by atoms with Gasteiger partial charge in [-0.15, -0.1) is 0 Å². The molecule has 4 rings (SSSR count). The first-order valence-corrected chi connectivity index (χ1v) is 10.8. The van der Waals surface area contributed by atoms with Crippen molar-refractivity contribution in [3.63, 3.8) is 0 Å². The lowest BCUT2D eigenvalue weighted by Gasteiger charge is -2.15. The Labute approximate surface area is 175 Å². The van der Waals surface area contributed by atoms with E-state index in [1.807, 2.05) is 55.5 Å². The topological polar surface area (TPSA) is 95.4 Å². The first-order valence-electron chi connectivity index (χ1n) is 9.21. The Hall–Kier alpha value is -3.42. The van der Waals surface area contributed by atoms with Crippen molar-refractivity contribution in [2.45, 2.75) is 11.8 Å². The molecule has 1 heterocycles. The Morgan fingerprint density at radius 3 is 2.10 bits per heavy atom. The van der Waals surface area contributed by atoms with Crippen LogP contribution < -0.4 is 9.88 Å². The average molecular weight is 420 g/mol. The van der Waals surface area contributed by atoms with Gasteiger partial charge in [0.15, 0.2) is 5.76 Å². The van der Waals surface area contributed by atoms with E-state index < -0.39 is 10.0 Å². The number of primary sulfonamides is 1. The lowest BCUT2D eigenvalue weighted by molar-refractivity contribution is 0.415. The van der Waals surface area contributed by atoms with Crippen molar-refractivity contribution in [3.8, 4) is 39.3 Å². The van der Waals surface area contributed by atoms with Crippen LogP contribution in [0.25, 0.3) is 33.6 Å². The Morgan fingerprint density at radius 1 is 0.900 bits per heavy atom. The molecule has 2 N–H and O–H groups in total. The molecule has 0 unspecified atom stereocenters.